The van der Waals surface area contributed by atoms with Crippen molar-refractivity contribution < 1.29 is 4.74 Å². The lowest BCUT2D eigenvalue weighted by molar-refractivity contribution is 0.416. The van der Waals surface area contributed by atoms with Crippen molar-refractivity contribution in [3.8, 4) is 5.75 Å². The van der Waals surface area contributed by atoms with Crippen LogP contribution in [-0.2, 0) is 6.54 Å². The zero-order valence-corrected chi connectivity index (χ0v) is 8.10. The smallest absolute Gasteiger partial charge is 0.144 e. The Morgan fingerprint density at radius 1 is 1.50 bits per heavy atom. The summed E-state index contributed by atoms with van der Waals surface area (Å²) in [6.07, 6.45) is 1.83. The molecule has 0 saturated heterocycles. The van der Waals surface area contributed by atoms with Crippen molar-refractivity contribution in [2.24, 2.45) is 5.73 Å². The van der Waals surface area contributed by atoms with Gasteiger partial charge < -0.3 is 10.5 Å². The number of nitrogens with zero attached hydrogens (tertiary/aromatic N) is 2. The molecule has 0 aliphatic carbocycles. The topological polar surface area (TPSA) is 53.1 Å². The van der Waals surface area contributed by atoms with E-state index in [1.807, 2.05) is 29.1 Å². The van der Waals surface area contributed by atoms with Crippen LogP contribution < -0.4 is 10.5 Å². The molecule has 2 rings (SSSR count). The van der Waals surface area contributed by atoms with E-state index in [9.17, 15) is 0 Å². The van der Waals surface area contributed by atoms with Gasteiger partial charge in [0, 0.05) is 11.9 Å². The van der Waals surface area contributed by atoms with Gasteiger partial charge in [0.15, 0.2) is 0 Å². The Morgan fingerprint density at radius 2 is 2.36 bits per heavy atom. The van der Waals surface area contributed by atoms with Crippen LogP contribution >= 0.6 is 0 Å². The predicted molar refractivity (Wildman–Crippen MR) is 55.3 cm³/mol. The fraction of sp³-hybridized carbons (Fsp3) is 0.300. The van der Waals surface area contributed by atoms with Crippen molar-refractivity contribution in [2.45, 2.75) is 6.54 Å². The summed E-state index contributed by atoms with van der Waals surface area (Å²) in [5.74, 6) is 0.841. The lowest BCUT2D eigenvalue weighted by atomic mass is 10.2. The summed E-state index contributed by atoms with van der Waals surface area (Å²) >= 11 is 0. The SMILES string of the molecule is COc1cccc2cnn(CCN)c12. The fourth-order valence-electron chi connectivity index (χ4n) is 1.57. The van der Waals surface area contributed by atoms with Gasteiger partial charge in [-0.2, -0.15) is 5.10 Å². The first-order chi connectivity index (χ1) is 6.86. The molecule has 1 aromatic carbocycles. The maximum atomic E-state index is 5.50. The zero-order valence-electron chi connectivity index (χ0n) is 8.10. The van der Waals surface area contributed by atoms with Crippen molar-refractivity contribution >= 4 is 10.9 Å². The minimum atomic E-state index is 0.578. The number of methoxy groups -OCH3 is 1. The second kappa shape index (κ2) is 3.67. The molecular formula is C10H13N3O. The third kappa shape index (κ3) is 1.33. The highest BCUT2D eigenvalue weighted by Gasteiger charge is 2.06. The van der Waals surface area contributed by atoms with Gasteiger partial charge in [-0.25, -0.2) is 0 Å². The van der Waals surface area contributed by atoms with E-state index in [4.69, 9.17) is 10.5 Å². The Labute approximate surface area is 82.3 Å². The van der Waals surface area contributed by atoms with Gasteiger partial charge in [0.05, 0.1) is 19.9 Å². The average Bonchev–Trinajstić information content (AvgIpc) is 2.62. The van der Waals surface area contributed by atoms with E-state index in [-0.39, 0.29) is 0 Å². The van der Waals surface area contributed by atoms with Crippen LogP contribution in [0.15, 0.2) is 24.4 Å². The van der Waals surface area contributed by atoms with Crippen molar-refractivity contribution in [1.29, 1.82) is 0 Å². The molecule has 0 saturated carbocycles. The van der Waals surface area contributed by atoms with E-state index in [0.717, 1.165) is 16.7 Å². The standard InChI is InChI=1S/C10H13N3O/c1-14-9-4-2-3-8-7-12-13(6-5-11)10(8)9/h2-4,7H,5-6,11H2,1H3. The van der Waals surface area contributed by atoms with Crippen LogP contribution in [0.1, 0.15) is 0 Å². The van der Waals surface area contributed by atoms with Gasteiger partial charge in [-0.1, -0.05) is 12.1 Å². The average molecular weight is 191 g/mol. The number of hydrogen-bond donors (Lipinski definition) is 1. The van der Waals surface area contributed by atoms with Crippen LogP contribution in [-0.4, -0.2) is 23.4 Å². The van der Waals surface area contributed by atoms with Gasteiger partial charge in [-0.15, -0.1) is 0 Å². The molecule has 2 N–H and O–H groups in total. The van der Waals surface area contributed by atoms with Gasteiger partial charge in [-0.3, -0.25) is 4.68 Å². The monoisotopic (exact) mass is 191 g/mol. The minimum Gasteiger partial charge on any atom is -0.494 e. The van der Waals surface area contributed by atoms with Crippen LogP contribution in [0.25, 0.3) is 10.9 Å². The van der Waals surface area contributed by atoms with E-state index in [2.05, 4.69) is 5.10 Å². The Hall–Kier alpha value is -1.55. The van der Waals surface area contributed by atoms with Crippen molar-refractivity contribution in [2.75, 3.05) is 13.7 Å². The van der Waals surface area contributed by atoms with Gasteiger partial charge >= 0.3 is 0 Å². The van der Waals surface area contributed by atoms with Crippen molar-refractivity contribution in [1.82, 2.24) is 9.78 Å². The molecule has 74 valence electrons. The number of hydrogen-bond acceptors (Lipinski definition) is 3. The first-order valence-corrected chi connectivity index (χ1v) is 4.55. The highest BCUT2D eigenvalue weighted by Crippen LogP contribution is 2.24. The molecule has 14 heavy (non-hydrogen) atoms. The van der Waals surface area contributed by atoms with E-state index < -0.39 is 0 Å². The first kappa shape index (κ1) is 9.02. The Bertz CT molecular complexity index is 436. The molecule has 0 unspecified atom stereocenters. The molecule has 1 aromatic heterocycles. The second-order valence-electron chi connectivity index (χ2n) is 3.05. The molecule has 4 heteroatoms. The van der Waals surface area contributed by atoms with Gasteiger partial charge in [0.1, 0.15) is 11.3 Å². The van der Waals surface area contributed by atoms with Crippen LogP contribution in [0.5, 0.6) is 5.75 Å². The molecule has 0 bridgehead atoms. The molecule has 0 aliphatic rings. The molecule has 0 spiro atoms. The first-order valence-electron chi connectivity index (χ1n) is 4.55. The molecule has 0 atom stereocenters. The lowest BCUT2D eigenvalue weighted by Gasteiger charge is -2.05. The third-order valence-corrected chi connectivity index (χ3v) is 2.19. The molecule has 2 aromatic rings. The summed E-state index contributed by atoms with van der Waals surface area (Å²) in [4.78, 5) is 0. The molecule has 0 aliphatic heterocycles. The number of nitrogens with two attached hydrogens (primary N) is 1. The summed E-state index contributed by atoms with van der Waals surface area (Å²) in [7, 11) is 1.66. The second-order valence-corrected chi connectivity index (χ2v) is 3.05. The van der Waals surface area contributed by atoms with E-state index >= 15 is 0 Å². The van der Waals surface area contributed by atoms with E-state index in [1.165, 1.54) is 0 Å². The van der Waals surface area contributed by atoms with Crippen molar-refractivity contribution in [3.05, 3.63) is 24.4 Å². The highest BCUT2D eigenvalue weighted by molar-refractivity contribution is 5.84. The number of aromatic nitrogens is 2. The number of ether oxygens (including phenoxy) is 1. The summed E-state index contributed by atoms with van der Waals surface area (Å²) < 4.78 is 7.14. The molecule has 4 nitrogen and oxygen atoms in total. The maximum absolute atomic E-state index is 5.50. The summed E-state index contributed by atoms with van der Waals surface area (Å²) in [5.41, 5.74) is 6.51. The highest BCUT2D eigenvalue weighted by atomic mass is 16.5. The van der Waals surface area contributed by atoms with Crippen molar-refractivity contribution in [3.63, 3.8) is 0 Å². The van der Waals surface area contributed by atoms with Crippen LogP contribution in [0.4, 0.5) is 0 Å². The maximum Gasteiger partial charge on any atom is 0.144 e. The van der Waals surface area contributed by atoms with Gasteiger partial charge in [0.2, 0.25) is 0 Å². The quantitative estimate of drug-likeness (QED) is 0.787. The molecule has 0 fully saturated rings. The van der Waals surface area contributed by atoms with E-state index in [0.29, 0.717) is 13.1 Å². The van der Waals surface area contributed by atoms with Crippen LogP contribution in [0, 0.1) is 0 Å². The summed E-state index contributed by atoms with van der Waals surface area (Å²) in [5, 5.41) is 5.33. The molecular weight excluding hydrogens is 178 g/mol. The fourth-order valence-corrected chi connectivity index (χ4v) is 1.57. The zero-order chi connectivity index (χ0) is 9.97. The van der Waals surface area contributed by atoms with Gasteiger partial charge in [-0.05, 0) is 6.07 Å². The third-order valence-electron chi connectivity index (χ3n) is 2.19. The Balaban J connectivity index is 2.62. The molecule has 1 heterocycles. The van der Waals surface area contributed by atoms with Crippen LogP contribution in [0.2, 0.25) is 0 Å². The number of fused-ring (bicyclic) bond motifs is 1. The van der Waals surface area contributed by atoms with E-state index in [1.54, 1.807) is 7.11 Å². The predicted octanol–water partition coefficient (Wildman–Crippen LogP) is 1.00. The summed E-state index contributed by atoms with van der Waals surface area (Å²) in [6.45, 7) is 1.29. The summed E-state index contributed by atoms with van der Waals surface area (Å²) in [6, 6.07) is 5.89. The molecule has 0 radical (unpaired) electrons. The normalized spacial score (nSPS) is 10.7. The van der Waals surface area contributed by atoms with Crippen LogP contribution in [0.3, 0.4) is 0 Å². The minimum absolute atomic E-state index is 0.578. The Kier molecular flexibility index (Phi) is 2.37. The Morgan fingerprint density at radius 3 is 3.07 bits per heavy atom. The largest absolute Gasteiger partial charge is 0.494 e. The van der Waals surface area contributed by atoms with Gasteiger partial charge in [0.25, 0.3) is 0 Å². The lowest BCUT2D eigenvalue weighted by Crippen LogP contribution is -2.11. The molecule has 0 amide bonds. The number of rotatable bonds is 3. The number of benzene rings is 1. The number of para-hydroxylation sites is 1.